The zero-order chi connectivity index (χ0) is 15.9. The molecule has 1 heterocycles. The van der Waals surface area contributed by atoms with Crippen LogP contribution in [0.25, 0.3) is 0 Å². The van der Waals surface area contributed by atoms with Crippen LogP contribution in [0.1, 0.15) is 108 Å². The van der Waals surface area contributed by atoms with Gasteiger partial charge in [-0.25, -0.2) is 0 Å². The molecule has 0 amide bonds. The summed E-state index contributed by atoms with van der Waals surface area (Å²) in [6, 6.07) is 0.711. The van der Waals surface area contributed by atoms with Crippen molar-refractivity contribution in [3.63, 3.8) is 0 Å². The van der Waals surface area contributed by atoms with Crippen LogP contribution in [0.3, 0.4) is 0 Å². The van der Waals surface area contributed by atoms with E-state index in [9.17, 15) is 0 Å². The minimum absolute atomic E-state index is 0.205. The molecule has 126 valence electrons. The third-order valence-electron chi connectivity index (χ3n) is 6.06. The molecular weight excluding hydrogens is 282 g/mol. The van der Waals surface area contributed by atoms with E-state index in [0.717, 1.165) is 6.42 Å². The number of rotatable bonds is 7. The van der Waals surface area contributed by atoms with E-state index in [4.69, 9.17) is 5.10 Å². The van der Waals surface area contributed by atoms with Gasteiger partial charge in [-0.05, 0) is 57.8 Å². The van der Waals surface area contributed by atoms with Gasteiger partial charge in [0.1, 0.15) is 11.6 Å². The van der Waals surface area contributed by atoms with Crippen molar-refractivity contribution in [2.75, 3.05) is 0 Å². The Balaban J connectivity index is 1.52. The third-order valence-corrected chi connectivity index (χ3v) is 6.06. The van der Waals surface area contributed by atoms with Crippen molar-refractivity contribution in [1.82, 2.24) is 14.8 Å². The van der Waals surface area contributed by atoms with Crippen molar-refractivity contribution in [3.05, 3.63) is 23.3 Å². The number of nitrogens with zero attached hydrogens (tertiary/aromatic N) is 3. The second-order valence-corrected chi connectivity index (χ2v) is 8.34. The molecule has 2 saturated carbocycles. The largest absolute Gasteiger partial charge is 0.311 e. The van der Waals surface area contributed by atoms with Gasteiger partial charge in [0.15, 0.2) is 0 Å². The van der Waals surface area contributed by atoms with E-state index in [1.54, 1.807) is 5.57 Å². The highest BCUT2D eigenvalue weighted by Crippen LogP contribution is 2.48. The van der Waals surface area contributed by atoms with Crippen molar-refractivity contribution in [2.45, 2.75) is 102 Å². The molecule has 0 aromatic carbocycles. The van der Waals surface area contributed by atoms with Crippen LogP contribution < -0.4 is 0 Å². The summed E-state index contributed by atoms with van der Waals surface area (Å²) in [5.41, 5.74) is 1.90. The van der Waals surface area contributed by atoms with Crippen LogP contribution in [0.15, 0.2) is 11.6 Å². The zero-order valence-electron chi connectivity index (χ0n) is 14.9. The van der Waals surface area contributed by atoms with Gasteiger partial charge in [-0.1, -0.05) is 38.3 Å². The summed E-state index contributed by atoms with van der Waals surface area (Å²) in [5, 5.41) is 9.35. The summed E-state index contributed by atoms with van der Waals surface area (Å²) in [6.45, 7) is 4.71. The second kappa shape index (κ2) is 6.07. The number of hydrogen-bond acceptors (Lipinski definition) is 2. The molecule has 4 rings (SSSR count). The van der Waals surface area contributed by atoms with E-state index in [1.807, 2.05) is 0 Å². The van der Waals surface area contributed by atoms with E-state index in [1.165, 1.54) is 75.9 Å². The molecule has 3 nitrogen and oxygen atoms in total. The molecule has 3 heteroatoms. The first-order valence-corrected chi connectivity index (χ1v) is 9.84. The SMILES string of the molecule is CCCCCC1=CCC(C)(c2nnc(C3CC3)n2C2CC2)CC1. The number of aromatic nitrogens is 3. The van der Waals surface area contributed by atoms with Crippen molar-refractivity contribution in [3.8, 4) is 0 Å². The van der Waals surface area contributed by atoms with Crippen LogP contribution in [0.2, 0.25) is 0 Å². The Labute approximate surface area is 140 Å². The quantitative estimate of drug-likeness (QED) is 0.496. The van der Waals surface area contributed by atoms with Crippen LogP contribution in [-0.4, -0.2) is 14.8 Å². The lowest BCUT2D eigenvalue weighted by Gasteiger charge is -2.32. The highest BCUT2D eigenvalue weighted by atomic mass is 15.3. The molecule has 0 N–H and O–H groups in total. The van der Waals surface area contributed by atoms with Gasteiger partial charge in [0.05, 0.1) is 0 Å². The molecule has 0 saturated heterocycles. The first-order chi connectivity index (χ1) is 11.2. The van der Waals surface area contributed by atoms with E-state index < -0.39 is 0 Å². The van der Waals surface area contributed by atoms with E-state index in [0.29, 0.717) is 12.0 Å². The maximum atomic E-state index is 4.72. The lowest BCUT2D eigenvalue weighted by Crippen LogP contribution is -2.29. The van der Waals surface area contributed by atoms with Crippen molar-refractivity contribution in [2.24, 2.45) is 0 Å². The standard InChI is InChI=1S/C20H31N3/c1-3-4-5-6-15-11-13-20(2,14-12-15)19-22-21-18(16-7-8-16)23(19)17-9-10-17/h11,16-17H,3-10,12-14H2,1-2H3. The molecule has 0 bridgehead atoms. The average molecular weight is 313 g/mol. The summed E-state index contributed by atoms with van der Waals surface area (Å²) in [5.74, 6) is 3.32. The second-order valence-electron chi connectivity index (χ2n) is 8.34. The number of allylic oxidation sites excluding steroid dienone is 2. The summed E-state index contributed by atoms with van der Waals surface area (Å²) in [7, 11) is 0. The fraction of sp³-hybridized carbons (Fsp3) is 0.800. The molecule has 1 aromatic rings. The molecule has 0 spiro atoms. The maximum absolute atomic E-state index is 4.72. The highest BCUT2D eigenvalue weighted by Gasteiger charge is 2.41. The molecule has 1 unspecified atom stereocenters. The van der Waals surface area contributed by atoms with E-state index in [2.05, 4.69) is 29.6 Å². The van der Waals surface area contributed by atoms with Gasteiger partial charge in [0.25, 0.3) is 0 Å². The minimum Gasteiger partial charge on any atom is -0.311 e. The molecule has 0 radical (unpaired) electrons. The molecule has 3 aliphatic rings. The minimum atomic E-state index is 0.205. The van der Waals surface area contributed by atoms with Gasteiger partial charge < -0.3 is 4.57 Å². The van der Waals surface area contributed by atoms with Gasteiger partial charge in [0.2, 0.25) is 0 Å². The fourth-order valence-corrected chi connectivity index (χ4v) is 4.07. The van der Waals surface area contributed by atoms with Gasteiger partial charge in [-0.15, -0.1) is 10.2 Å². The maximum Gasteiger partial charge on any atom is 0.139 e. The van der Waals surface area contributed by atoms with E-state index in [-0.39, 0.29) is 5.41 Å². The zero-order valence-corrected chi connectivity index (χ0v) is 14.9. The Morgan fingerprint density at radius 1 is 1.17 bits per heavy atom. The predicted molar refractivity (Wildman–Crippen MR) is 93.7 cm³/mol. The summed E-state index contributed by atoms with van der Waals surface area (Å²) < 4.78 is 2.56. The highest BCUT2D eigenvalue weighted by molar-refractivity contribution is 5.22. The van der Waals surface area contributed by atoms with E-state index >= 15 is 0 Å². The Morgan fingerprint density at radius 2 is 2.00 bits per heavy atom. The molecule has 1 aromatic heterocycles. The van der Waals surface area contributed by atoms with Crippen molar-refractivity contribution < 1.29 is 0 Å². The molecule has 23 heavy (non-hydrogen) atoms. The lowest BCUT2D eigenvalue weighted by atomic mass is 9.75. The number of unbranched alkanes of at least 4 members (excludes halogenated alkanes) is 2. The van der Waals surface area contributed by atoms with Crippen LogP contribution in [-0.2, 0) is 5.41 Å². The smallest absolute Gasteiger partial charge is 0.139 e. The van der Waals surface area contributed by atoms with Gasteiger partial charge in [-0.3, -0.25) is 0 Å². The predicted octanol–water partition coefficient (Wildman–Crippen LogP) is 5.44. The van der Waals surface area contributed by atoms with Crippen LogP contribution in [0.5, 0.6) is 0 Å². The van der Waals surface area contributed by atoms with Crippen LogP contribution in [0, 0.1) is 0 Å². The van der Waals surface area contributed by atoms with Crippen LogP contribution >= 0.6 is 0 Å². The summed E-state index contributed by atoms with van der Waals surface area (Å²) in [4.78, 5) is 0. The topological polar surface area (TPSA) is 30.7 Å². The summed E-state index contributed by atoms with van der Waals surface area (Å²) in [6.07, 6.45) is 16.9. The molecule has 2 fully saturated rings. The van der Waals surface area contributed by atoms with Crippen molar-refractivity contribution >= 4 is 0 Å². The molecule has 3 aliphatic carbocycles. The van der Waals surface area contributed by atoms with Gasteiger partial charge in [-0.2, -0.15) is 0 Å². The molecule has 1 atom stereocenters. The Bertz CT molecular complexity index is 592. The van der Waals surface area contributed by atoms with Gasteiger partial charge >= 0.3 is 0 Å². The molecule has 0 aliphatic heterocycles. The first kappa shape index (κ1) is 15.4. The molecular formula is C20H31N3. The normalized spacial score (nSPS) is 28.0. The fourth-order valence-electron chi connectivity index (χ4n) is 4.07. The monoisotopic (exact) mass is 313 g/mol. The van der Waals surface area contributed by atoms with Gasteiger partial charge in [0, 0.05) is 17.4 Å². The third kappa shape index (κ3) is 3.12. The summed E-state index contributed by atoms with van der Waals surface area (Å²) >= 11 is 0. The number of hydrogen-bond donors (Lipinski definition) is 0. The Kier molecular flexibility index (Phi) is 4.07. The van der Waals surface area contributed by atoms with Crippen LogP contribution in [0.4, 0.5) is 0 Å². The Morgan fingerprint density at radius 3 is 2.61 bits per heavy atom. The lowest BCUT2D eigenvalue weighted by molar-refractivity contribution is 0.370. The Hall–Kier alpha value is -1.12. The average Bonchev–Trinajstić information content (AvgIpc) is 3.48. The van der Waals surface area contributed by atoms with Crippen molar-refractivity contribution in [1.29, 1.82) is 0 Å². The first-order valence-electron chi connectivity index (χ1n) is 9.84.